The Morgan fingerprint density at radius 2 is 1.20 bits per heavy atom. The van der Waals surface area contributed by atoms with Crippen LogP contribution in [0.5, 0.6) is 0 Å². The molecule has 0 unspecified atom stereocenters. The van der Waals surface area contributed by atoms with Crippen LogP contribution in [0.1, 0.15) is 11.0 Å². The summed E-state index contributed by atoms with van der Waals surface area (Å²) >= 11 is 1.52. The Morgan fingerprint density at radius 1 is 0.510 bits per heavy atom. The van der Waals surface area contributed by atoms with Gasteiger partial charge in [0.15, 0.2) is 5.58 Å². The number of rotatable bonds is 5. The van der Waals surface area contributed by atoms with E-state index in [9.17, 15) is 11.0 Å². The van der Waals surface area contributed by atoms with E-state index in [4.69, 9.17) is 4.42 Å². The molecule has 0 aliphatic rings. The van der Waals surface area contributed by atoms with E-state index >= 15 is 0 Å². The van der Waals surface area contributed by atoms with Crippen molar-refractivity contribution in [3.05, 3.63) is 176 Å². The van der Waals surface area contributed by atoms with Gasteiger partial charge in [0.2, 0.25) is 0 Å². The molecule has 0 spiro atoms. The zero-order chi connectivity index (χ0) is 39.3. The molecule has 3 heteroatoms. The van der Waals surface area contributed by atoms with E-state index in [1.165, 1.54) is 16.2 Å². The van der Waals surface area contributed by atoms with Gasteiger partial charge in [-0.05, 0) is 75.4 Å². The summed E-state index contributed by atoms with van der Waals surface area (Å²) in [5.74, 6) is 0. The van der Waals surface area contributed by atoms with Crippen molar-refractivity contribution in [2.75, 3.05) is 4.90 Å². The summed E-state index contributed by atoms with van der Waals surface area (Å²) < 4.78 is 84.3. The Balaban J connectivity index is 1.32. The van der Waals surface area contributed by atoms with Gasteiger partial charge in [-0.25, -0.2) is 0 Å². The highest BCUT2D eigenvalue weighted by atomic mass is 32.1. The summed E-state index contributed by atoms with van der Waals surface area (Å²) in [5, 5.41) is 5.11. The maximum Gasteiger partial charge on any atom is 0.159 e. The number of anilines is 3. The minimum atomic E-state index is -0.472. The third-order valence-electron chi connectivity index (χ3n) is 9.03. The number of hydrogen-bond acceptors (Lipinski definition) is 3. The van der Waals surface area contributed by atoms with E-state index < -0.39 is 24.2 Å². The number of benzene rings is 8. The molecule has 8 aromatic carbocycles. The van der Waals surface area contributed by atoms with Gasteiger partial charge in [0.25, 0.3) is 0 Å². The molecule has 0 aliphatic carbocycles. The van der Waals surface area contributed by atoms with E-state index in [1.807, 2.05) is 109 Å². The molecule has 0 fully saturated rings. The van der Waals surface area contributed by atoms with Gasteiger partial charge in [-0.3, -0.25) is 0 Å². The molecule has 2 nitrogen and oxygen atoms in total. The summed E-state index contributed by atoms with van der Waals surface area (Å²) in [6, 6.07) is 36.6. The summed E-state index contributed by atoms with van der Waals surface area (Å²) in [6.45, 7) is 0. The van der Waals surface area contributed by atoms with Gasteiger partial charge < -0.3 is 9.32 Å². The molecule has 0 bridgehead atoms. The second-order valence-electron chi connectivity index (χ2n) is 11.8. The molecule has 0 aliphatic heterocycles. The average molecular weight is 652 g/mol. The highest BCUT2D eigenvalue weighted by Crippen LogP contribution is 2.45. The standard InChI is InChI=1S/C46H29NOS/c1-2-15-35-30(11-1)12-8-18-36(35)31-25-27-33(28-26-31)47(42-22-10-20-40-38-16-3-5-23-43(38)48-45(40)42)34-14-7-13-32(29-34)37-19-9-21-41-39-17-4-6-24-44(39)49-46(37)41/h1-29H/i7D,13D,14D,25D,26D,27D,28D,29D. The van der Waals surface area contributed by atoms with Crippen molar-refractivity contribution in [3.63, 3.8) is 0 Å². The highest BCUT2D eigenvalue weighted by molar-refractivity contribution is 7.26. The van der Waals surface area contributed by atoms with Crippen molar-refractivity contribution in [1.29, 1.82) is 0 Å². The Morgan fingerprint density at radius 3 is 2.12 bits per heavy atom. The van der Waals surface area contributed by atoms with Crippen molar-refractivity contribution < 1.29 is 15.4 Å². The zero-order valence-electron chi connectivity index (χ0n) is 33.9. The number of fused-ring (bicyclic) bond motifs is 7. The first-order valence-electron chi connectivity index (χ1n) is 20.0. The summed E-state index contributed by atoms with van der Waals surface area (Å²) in [4.78, 5) is 1.37. The topological polar surface area (TPSA) is 16.4 Å². The zero-order valence-corrected chi connectivity index (χ0v) is 26.7. The van der Waals surface area contributed by atoms with Crippen LogP contribution in [0.2, 0.25) is 0 Å². The predicted molar refractivity (Wildman–Crippen MR) is 210 cm³/mol. The lowest BCUT2D eigenvalue weighted by atomic mass is 9.98. The van der Waals surface area contributed by atoms with Gasteiger partial charge in [-0.1, -0.05) is 133 Å². The summed E-state index contributed by atoms with van der Waals surface area (Å²) in [7, 11) is 0. The molecule has 0 saturated heterocycles. The second-order valence-corrected chi connectivity index (χ2v) is 12.9. The molecular formula is C46H29NOS. The summed E-state index contributed by atoms with van der Waals surface area (Å²) in [5.41, 5.74) is 2.10. The molecule has 0 saturated carbocycles. The second kappa shape index (κ2) is 11.2. The van der Waals surface area contributed by atoms with Gasteiger partial charge in [0, 0.05) is 42.3 Å². The Labute approximate surface area is 299 Å². The molecule has 10 aromatic rings. The van der Waals surface area contributed by atoms with Crippen LogP contribution in [0.4, 0.5) is 17.1 Å². The lowest BCUT2D eigenvalue weighted by Crippen LogP contribution is -2.10. The first kappa shape index (κ1) is 20.9. The number of thiophene rings is 1. The molecule has 230 valence electrons. The normalized spacial score (nSPS) is 14.0. The molecule has 10 rings (SSSR count). The third kappa shape index (κ3) is 4.55. The fraction of sp³-hybridized carbons (Fsp3) is 0. The van der Waals surface area contributed by atoms with E-state index in [0.717, 1.165) is 36.3 Å². The smallest absolute Gasteiger partial charge is 0.159 e. The fourth-order valence-electron chi connectivity index (χ4n) is 6.78. The van der Waals surface area contributed by atoms with Crippen LogP contribution in [0, 0.1) is 0 Å². The fourth-order valence-corrected chi connectivity index (χ4v) is 8.00. The minimum absolute atomic E-state index is 0.115. The van der Waals surface area contributed by atoms with Crippen molar-refractivity contribution in [1.82, 2.24) is 0 Å². The van der Waals surface area contributed by atoms with Crippen molar-refractivity contribution in [3.8, 4) is 22.3 Å². The maximum atomic E-state index is 9.92. The van der Waals surface area contributed by atoms with Gasteiger partial charge in [-0.15, -0.1) is 11.3 Å². The minimum Gasteiger partial charge on any atom is -0.454 e. The van der Waals surface area contributed by atoms with Gasteiger partial charge in [-0.2, -0.15) is 0 Å². The van der Waals surface area contributed by atoms with Crippen LogP contribution >= 0.6 is 11.3 Å². The molecule has 0 atom stereocenters. The SMILES string of the molecule is [2H]c1c([2H])c(-c2cccc3c2sc2ccccc23)c([2H])c(N(c2c([2H])c([2H])c(-c3cccc4ccccc34)c([2H])c2[2H])c2cccc3c2oc2ccccc23)c1[2H]. The molecule has 49 heavy (non-hydrogen) atoms. The highest BCUT2D eigenvalue weighted by Gasteiger charge is 2.20. The van der Waals surface area contributed by atoms with E-state index in [0.29, 0.717) is 27.7 Å². The quantitative estimate of drug-likeness (QED) is 0.184. The number of para-hydroxylation sites is 2. The Kier molecular flexibility index (Phi) is 4.80. The van der Waals surface area contributed by atoms with Crippen molar-refractivity contribution >= 4 is 81.3 Å². The molecule has 2 heterocycles. The monoisotopic (exact) mass is 651 g/mol. The van der Waals surface area contributed by atoms with Gasteiger partial charge in [0.05, 0.1) is 16.7 Å². The number of nitrogens with zero attached hydrogens (tertiary/aromatic N) is 1. The lowest BCUT2D eigenvalue weighted by molar-refractivity contribution is 0.669. The van der Waals surface area contributed by atoms with E-state index in [-0.39, 0.29) is 52.4 Å². The molecule has 0 N–H and O–H groups in total. The van der Waals surface area contributed by atoms with Gasteiger partial charge >= 0.3 is 0 Å². The third-order valence-corrected chi connectivity index (χ3v) is 10.2. The molecule has 0 amide bonds. The predicted octanol–water partition coefficient (Wildman–Crippen LogP) is 13.9. The molecule has 0 radical (unpaired) electrons. The lowest BCUT2D eigenvalue weighted by Gasteiger charge is -2.26. The average Bonchev–Trinajstić information content (AvgIpc) is 3.81. The maximum absolute atomic E-state index is 9.92. The Bertz CT molecular complexity index is 3280. The largest absolute Gasteiger partial charge is 0.454 e. The molecular weight excluding hydrogens is 615 g/mol. The van der Waals surface area contributed by atoms with Crippen molar-refractivity contribution in [2.24, 2.45) is 0 Å². The molecule has 2 aromatic heterocycles. The van der Waals surface area contributed by atoms with Gasteiger partial charge in [0.1, 0.15) is 5.58 Å². The van der Waals surface area contributed by atoms with Crippen LogP contribution in [-0.2, 0) is 0 Å². The van der Waals surface area contributed by atoms with Crippen LogP contribution in [-0.4, -0.2) is 0 Å². The van der Waals surface area contributed by atoms with Crippen LogP contribution < -0.4 is 4.90 Å². The number of furan rings is 1. The van der Waals surface area contributed by atoms with Crippen LogP contribution in [0.25, 0.3) is 75.1 Å². The first-order valence-corrected chi connectivity index (χ1v) is 16.8. The first-order chi connectivity index (χ1) is 27.7. The van der Waals surface area contributed by atoms with Crippen LogP contribution in [0.15, 0.2) is 180 Å². The van der Waals surface area contributed by atoms with Crippen molar-refractivity contribution in [2.45, 2.75) is 0 Å². The van der Waals surface area contributed by atoms with Crippen LogP contribution in [0.3, 0.4) is 0 Å². The van der Waals surface area contributed by atoms with E-state index in [2.05, 4.69) is 0 Å². The number of hydrogen-bond donors (Lipinski definition) is 0. The van der Waals surface area contributed by atoms with E-state index in [1.54, 1.807) is 18.2 Å². The summed E-state index contributed by atoms with van der Waals surface area (Å²) in [6.07, 6.45) is 0. The Hall–Kier alpha value is -6.16.